The van der Waals surface area contributed by atoms with Crippen molar-refractivity contribution in [1.29, 1.82) is 0 Å². The first-order valence-corrected chi connectivity index (χ1v) is 8.85. The Labute approximate surface area is 134 Å². The molecule has 5 nitrogen and oxygen atoms in total. The molecule has 0 aliphatic heterocycles. The zero-order chi connectivity index (χ0) is 13.8. The molecule has 1 radical (unpaired) electrons. The van der Waals surface area contributed by atoms with Crippen LogP contribution >= 0.6 is 34.2 Å². The monoisotopic (exact) mass is 453 g/mol. The van der Waals surface area contributed by atoms with E-state index < -0.39 is 5.97 Å². The van der Waals surface area contributed by atoms with Gasteiger partial charge in [-0.15, -0.1) is 0 Å². The molecule has 8 heteroatoms. The molecule has 0 aromatic carbocycles. The molecule has 0 bridgehead atoms. The van der Waals surface area contributed by atoms with Crippen LogP contribution in [0.4, 0.5) is 0 Å². The third-order valence-electron chi connectivity index (χ3n) is 2.15. The standard InChI is InChI=1S/C11H8AsClIN2O3/c1-18-10(17)8-7(14)9(16-11(13)15-8)12-5-6-3-2-4-19-6/h2-4H,5H2,1H3. The molecule has 2 rings (SSSR count). The Balaban J connectivity index is 2.24. The molecule has 2 aromatic rings. The average molecular weight is 453 g/mol. The first-order chi connectivity index (χ1) is 9.11. The van der Waals surface area contributed by atoms with Crippen LogP contribution in [0.15, 0.2) is 22.8 Å². The van der Waals surface area contributed by atoms with E-state index >= 15 is 0 Å². The first kappa shape index (κ1) is 14.8. The normalized spacial score (nSPS) is 11.1. The van der Waals surface area contributed by atoms with E-state index in [0.29, 0.717) is 3.57 Å². The topological polar surface area (TPSA) is 65.2 Å². The number of ether oxygens (including phenoxy) is 1. The molecule has 0 aliphatic rings. The van der Waals surface area contributed by atoms with E-state index in [2.05, 4.69) is 14.7 Å². The number of carbonyl (C=O) groups is 1. The maximum absolute atomic E-state index is 11.6. The third kappa shape index (κ3) is 3.70. The summed E-state index contributed by atoms with van der Waals surface area (Å²) >= 11 is 7.59. The summed E-state index contributed by atoms with van der Waals surface area (Å²) in [7, 11) is 1.31. The number of aromatic nitrogens is 2. The van der Waals surface area contributed by atoms with Gasteiger partial charge in [0.25, 0.3) is 0 Å². The minimum atomic E-state index is -0.505. The number of furan rings is 1. The van der Waals surface area contributed by atoms with Crippen LogP contribution in [0.5, 0.6) is 0 Å². The van der Waals surface area contributed by atoms with Crippen molar-refractivity contribution in [3.63, 3.8) is 0 Å². The van der Waals surface area contributed by atoms with Crippen LogP contribution in [0.3, 0.4) is 0 Å². The number of carbonyl (C=O) groups excluding carboxylic acids is 1. The molecule has 0 N–H and O–H groups in total. The van der Waals surface area contributed by atoms with Gasteiger partial charge in [0.05, 0.1) is 0 Å². The van der Waals surface area contributed by atoms with Crippen molar-refractivity contribution >= 4 is 60.4 Å². The van der Waals surface area contributed by atoms with Crippen molar-refractivity contribution in [2.75, 3.05) is 7.11 Å². The average Bonchev–Trinajstić information content (AvgIpc) is 2.91. The van der Waals surface area contributed by atoms with Crippen molar-refractivity contribution in [2.45, 2.75) is 5.21 Å². The van der Waals surface area contributed by atoms with Crippen LogP contribution in [-0.4, -0.2) is 38.8 Å². The number of halogens is 2. The fraction of sp³-hybridized carbons (Fsp3) is 0.182. The van der Waals surface area contributed by atoms with Crippen LogP contribution in [0.25, 0.3) is 0 Å². The molecule has 2 aromatic heterocycles. The Kier molecular flexibility index (Phi) is 5.24. The second kappa shape index (κ2) is 6.72. The Morgan fingerprint density at radius 2 is 2.37 bits per heavy atom. The van der Waals surface area contributed by atoms with Crippen molar-refractivity contribution in [2.24, 2.45) is 0 Å². The van der Waals surface area contributed by atoms with E-state index in [-0.39, 0.29) is 26.7 Å². The van der Waals surface area contributed by atoms with Gasteiger partial charge in [-0.25, -0.2) is 0 Å². The summed E-state index contributed by atoms with van der Waals surface area (Å²) in [6, 6.07) is 3.75. The van der Waals surface area contributed by atoms with Crippen LogP contribution in [-0.2, 0) is 9.95 Å². The van der Waals surface area contributed by atoms with E-state index in [1.807, 2.05) is 34.7 Å². The summed E-state index contributed by atoms with van der Waals surface area (Å²) in [5, 5.41) is 0.832. The number of esters is 1. The molecule has 99 valence electrons. The molecule has 0 amide bonds. The first-order valence-electron chi connectivity index (χ1n) is 5.13. The summed E-state index contributed by atoms with van der Waals surface area (Å²) in [4.78, 5) is 19.7. The number of methoxy groups -OCH3 is 1. The number of hydrogen-bond donors (Lipinski definition) is 0. The molecule has 0 saturated carbocycles. The van der Waals surface area contributed by atoms with Gasteiger partial charge in [0.15, 0.2) is 0 Å². The van der Waals surface area contributed by atoms with E-state index in [9.17, 15) is 4.79 Å². The van der Waals surface area contributed by atoms with Gasteiger partial charge in [-0.05, 0) is 0 Å². The SMILES string of the molecule is COC(=O)c1nc(Cl)nc([As]Cc2ccco2)c1I. The minimum absolute atomic E-state index is 0.0607. The number of nitrogens with zero attached hydrogens (tertiary/aromatic N) is 2. The van der Waals surface area contributed by atoms with Crippen LogP contribution < -0.4 is 4.48 Å². The van der Waals surface area contributed by atoms with Gasteiger partial charge in [0, 0.05) is 0 Å². The van der Waals surface area contributed by atoms with E-state index in [0.717, 1.165) is 15.5 Å². The molecular formula is C11H8AsClIN2O3. The Bertz CT molecular complexity index is 592. The molecular weight excluding hydrogens is 445 g/mol. The molecule has 0 aliphatic carbocycles. The van der Waals surface area contributed by atoms with Crippen LogP contribution in [0.2, 0.25) is 5.28 Å². The Morgan fingerprint density at radius 3 is 3.00 bits per heavy atom. The molecule has 0 fully saturated rings. The van der Waals surface area contributed by atoms with Gasteiger partial charge in [0.1, 0.15) is 0 Å². The summed E-state index contributed by atoms with van der Waals surface area (Å²) < 4.78 is 11.4. The third-order valence-corrected chi connectivity index (χ3v) is 6.56. The van der Waals surface area contributed by atoms with Crippen LogP contribution in [0, 0.1) is 3.57 Å². The maximum atomic E-state index is 11.6. The summed E-state index contributed by atoms with van der Waals surface area (Å²) in [5.41, 5.74) is 0.216. The van der Waals surface area contributed by atoms with Crippen molar-refractivity contribution in [3.05, 3.63) is 38.7 Å². The van der Waals surface area contributed by atoms with E-state index in [1.54, 1.807) is 6.26 Å². The van der Waals surface area contributed by atoms with E-state index in [1.165, 1.54) is 7.11 Å². The van der Waals surface area contributed by atoms with Crippen molar-refractivity contribution in [1.82, 2.24) is 9.97 Å². The van der Waals surface area contributed by atoms with Gasteiger partial charge < -0.3 is 0 Å². The van der Waals surface area contributed by atoms with Crippen molar-refractivity contribution in [3.8, 4) is 0 Å². The van der Waals surface area contributed by atoms with Gasteiger partial charge in [0.2, 0.25) is 0 Å². The number of hydrogen-bond acceptors (Lipinski definition) is 5. The fourth-order valence-corrected chi connectivity index (χ4v) is 4.83. The fourth-order valence-electron chi connectivity index (χ4n) is 1.30. The summed E-state index contributed by atoms with van der Waals surface area (Å²) in [6.45, 7) is 0. The Hall–Kier alpha value is -0.592. The van der Waals surface area contributed by atoms with E-state index in [4.69, 9.17) is 16.0 Å². The van der Waals surface area contributed by atoms with Crippen molar-refractivity contribution < 1.29 is 13.9 Å². The molecule has 0 unspecified atom stereocenters. The molecule has 0 atom stereocenters. The second-order valence-electron chi connectivity index (χ2n) is 3.37. The number of rotatable bonds is 4. The van der Waals surface area contributed by atoms with Gasteiger partial charge in [-0.2, -0.15) is 0 Å². The van der Waals surface area contributed by atoms with Gasteiger partial charge in [-0.3, -0.25) is 0 Å². The molecule has 2 heterocycles. The molecule has 0 spiro atoms. The molecule has 19 heavy (non-hydrogen) atoms. The zero-order valence-corrected chi connectivity index (χ0v) is 14.6. The molecule has 0 saturated heterocycles. The second-order valence-corrected chi connectivity index (χ2v) is 7.00. The van der Waals surface area contributed by atoms with Gasteiger partial charge >= 0.3 is 135 Å². The summed E-state index contributed by atoms with van der Waals surface area (Å²) in [6.07, 6.45) is 1.63. The van der Waals surface area contributed by atoms with Gasteiger partial charge in [-0.1, -0.05) is 0 Å². The van der Waals surface area contributed by atoms with Crippen LogP contribution in [0.1, 0.15) is 16.2 Å². The Morgan fingerprint density at radius 1 is 1.58 bits per heavy atom. The quantitative estimate of drug-likeness (QED) is 0.305. The summed E-state index contributed by atoms with van der Waals surface area (Å²) in [5.74, 6) is 0.388. The predicted octanol–water partition coefficient (Wildman–Crippen LogP) is 1.64. The zero-order valence-electron chi connectivity index (χ0n) is 9.76. The predicted molar refractivity (Wildman–Crippen MR) is 78.9 cm³/mol.